The first-order chi connectivity index (χ1) is 15.2. The number of hydrogen-bond acceptors (Lipinski definition) is 2. The molecule has 32 heavy (non-hydrogen) atoms. The van der Waals surface area contributed by atoms with Gasteiger partial charge in [0.05, 0.1) is 5.69 Å². The van der Waals surface area contributed by atoms with E-state index in [9.17, 15) is 14.0 Å². The zero-order chi connectivity index (χ0) is 22.8. The van der Waals surface area contributed by atoms with Crippen molar-refractivity contribution >= 4 is 17.5 Å². The minimum atomic E-state index is -0.416. The molecule has 5 heteroatoms. The maximum Gasteiger partial charge on any atom is 0.270 e. The van der Waals surface area contributed by atoms with E-state index in [1.165, 1.54) is 62.5 Å². The number of benzene rings is 1. The first-order valence-corrected chi connectivity index (χ1v) is 12.2. The molecule has 1 aliphatic heterocycles. The van der Waals surface area contributed by atoms with Gasteiger partial charge in [0.15, 0.2) is 0 Å². The summed E-state index contributed by atoms with van der Waals surface area (Å²) in [5.41, 5.74) is 1.07. The molecule has 0 spiro atoms. The van der Waals surface area contributed by atoms with Crippen molar-refractivity contribution in [2.75, 3.05) is 11.9 Å². The summed E-state index contributed by atoms with van der Waals surface area (Å²) in [6.07, 6.45) is 10.7. The lowest BCUT2D eigenvalue weighted by Gasteiger charge is -2.60. The second kappa shape index (κ2) is 7.43. The molecule has 4 nitrogen and oxygen atoms in total. The van der Waals surface area contributed by atoms with Gasteiger partial charge in [0.25, 0.3) is 5.91 Å². The highest BCUT2D eigenvalue weighted by atomic mass is 19.1. The lowest BCUT2D eigenvalue weighted by Crippen LogP contribution is -2.61. The molecule has 0 saturated heterocycles. The molecule has 1 heterocycles. The molecule has 172 valence electrons. The number of rotatable bonds is 2. The van der Waals surface area contributed by atoms with Crippen LogP contribution < -0.4 is 4.90 Å². The number of amides is 2. The van der Waals surface area contributed by atoms with Gasteiger partial charge < -0.3 is 4.90 Å². The largest absolute Gasteiger partial charge is 0.337 e. The highest BCUT2D eigenvalue weighted by Gasteiger charge is 2.59. The van der Waals surface area contributed by atoms with E-state index in [1.807, 2.05) is 11.9 Å². The van der Waals surface area contributed by atoms with Crippen LogP contribution in [0.25, 0.3) is 0 Å². The minimum absolute atomic E-state index is 0.145. The van der Waals surface area contributed by atoms with Crippen molar-refractivity contribution in [3.05, 3.63) is 41.9 Å². The van der Waals surface area contributed by atoms with E-state index in [0.29, 0.717) is 28.6 Å². The zero-order valence-electron chi connectivity index (χ0n) is 19.7. The van der Waals surface area contributed by atoms with Crippen LogP contribution in [-0.4, -0.2) is 29.8 Å². The van der Waals surface area contributed by atoms with E-state index < -0.39 is 5.82 Å². The summed E-state index contributed by atoms with van der Waals surface area (Å²) < 4.78 is 14.0. The fraction of sp³-hybridized carbons (Fsp3) is 0.630. The van der Waals surface area contributed by atoms with E-state index in [2.05, 4.69) is 19.9 Å². The first-order valence-electron chi connectivity index (χ1n) is 12.2. The van der Waals surface area contributed by atoms with Gasteiger partial charge in [-0.15, -0.1) is 0 Å². The van der Waals surface area contributed by atoms with Gasteiger partial charge >= 0.3 is 0 Å². The number of carbonyl (C=O) groups is 2. The second-order valence-corrected chi connectivity index (χ2v) is 11.2. The molecule has 1 aromatic carbocycles. The molecule has 4 aliphatic rings. The molecule has 6 atom stereocenters. The highest BCUT2D eigenvalue weighted by Crippen LogP contribution is 2.64. The van der Waals surface area contributed by atoms with Gasteiger partial charge in [-0.2, -0.15) is 0 Å². The molecule has 0 bridgehead atoms. The first kappa shape index (κ1) is 21.7. The van der Waals surface area contributed by atoms with E-state index in [1.54, 1.807) is 12.1 Å². The number of anilines is 1. The summed E-state index contributed by atoms with van der Waals surface area (Å²) in [6, 6.07) is 6.11. The number of halogens is 1. The van der Waals surface area contributed by atoms with Crippen LogP contribution >= 0.6 is 0 Å². The SMILES string of the molecule is CC(=O)N(C1=C[C@]2(C)[C@H]3CC[C@]4(C)CCC[C@H]4[C@@H]3CC[C@H]2N(C)C1=O)c1cccc(F)c1. The average Bonchev–Trinajstić information content (AvgIpc) is 3.13. The summed E-state index contributed by atoms with van der Waals surface area (Å²) in [4.78, 5) is 29.5. The third-order valence-corrected chi connectivity index (χ3v) is 9.59. The summed E-state index contributed by atoms with van der Waals surface area (Å²) in [6.45, 7) is 6.25. The Kier molecular flexibility index (Phi) is 5.03. The normalized spacial score (nSPS) is 38.5. The minimum Gasteiger partial charge on any atom is -0.337 e. The van der Waals surface area contributed by atoms with Crippen LogP contribution in [0.5, 0.6) is 0 Å². The van der Waals surface area contributed by atoms with E-state index >= 15 is 0 Å². The van der Waals surface area contributed by atoms with E-state index in [0.717, 1.165) is 12.3 Å². The molecule has 2 amide bonds. The molecule has 3 fully saturated rings. The Balaban J connectivity index is 1.59. The van der Waals surface area contributed by atoms with Gasteiger partial charge in [0.1, 0.15) is 11.5 Å². The Labute approximate surface area is 190 Å². The highest BCUT2D eigenvalue weighted by molar-refractivity contribution is 6.08. The molecule has 1 aromatic rings. The maximum atomic E-state index is 14.0. The Bertz CT molecular complexity index is 990. The smallest absolute Gasteiger partial charge is 0.270 e. The number of nitrogens with zero attached hydrogens (tertiary/aromatic N) is 2. The predicted molar refractivity (Wildman–Crippen MR) is 123 cm³/mol. The van der Waals surface area contributed by atoms with Gasteiger partial charge in [-0.25, -0.2) is 4.39 Å². The summed E-state index contributed by atoms with van der Waals surface area (Å²) in [5.74, 6) is 1.12. The average molecular weight is 439 g/mol. The third-order valence-electron chi connectivity index (χ3n) is 9.59. The topological polar surface area (TPSA) is 40.6 Å². The number of likely N-dealkylation sites (N-methyl/N-ethyl adjacent to an activating group) is 1. The van der Waals surface area contributed by atoms with Crippen molar-refractivity contribution in [1.29, 1.82) is 0 Å². The molecule has 0 aromatic heterocycles. The lowest BCUT2D eigenvalue weighted by molar-refractivity contribution is -0.140. The number of fused-ring (bicyclic) bond motifs is 5. The van der Waals surface area contributed by atoms with Crippen LogP contribution in [0, 0.1) is 34.4 Å². The third kappa shape index (κ3) is 3.07. The summed E-state index contributed by atoms with van der Waals surface area (Å²) >= 11 is 0. The van der Waals surface area contributed by atoms with Gasteiger partial charge in [0.2, 0.25) is 5.91 Å². The van der Waals surface area contributed by atoms with Crippen molar-refractivity contribution < 1.29 is 14.0 Å². The quantitative estimate of drug-likeness (QED) is 0.609. The maximum absolute atomic E-state index is 14.0. The van der Waals surface area contributed by atoms with E-state index in [-0.39, 0.29) is 23.3 Å². The molecule has 3 aliphatic carbocycles. The Morgan fingerprint density at radius 1 is 1.12 bits per heavy atom. The molecule has 0 unspecified atom stereocenters. The molecule has 0 radical (unpaired) electrons. The van der Waals surface area contributed by atoms with Crippen LogP contribution in [0.2, 0.25) is 0 Å². The van der Waals surface area contributed by atoms with Crippen molar-refractivity contribution in [3.63, 3.8) is 0 Å². The fourth-order valence-corrected chi connectivity index (χ4v) is 8.12. The van der Waals surface area contributed by atoms with Crippen LogP contribution in [0.15, 0.2) is 36.0 Å². The van der Waals surface area contributed by atoms with Crippen LogP contribution in [-0.2, 0) is 9.59 Å². The molecule has 3 saturated carbocycles. The molecule has 0 N–H and O–H groups in total. The fourth-order valence-electron chi connectivity index (χ4n) is 8.12. The predicted octanol–water partition coefficient (Wildman–Crippen LogP) is 5.54. The van der Waals surface area contributed by atoms with Gasteiger partial charge in [-0.1, -0.05) is 26.3 Å². The molecular formula is C27H35FN2O2. The van der Waals surface area contributed by atoms with Crippen molar-refractivity contribution in [3.8, 4) is 0 Å². The standard InChI is InChI=1S/C27H35FN2O2/c1-17(31)30(19-8-5-7-18(28)15-19)23-16-27(3)22-12-14-26(2)13-6-9-21(26)20(22)10-11-24(27)29(4)25(23)32/h5,7-8,15-16,20-22,24H,6,9-14H2,1-4H3/t20-,21-,22-,24+,26-,27+/m0/s1. The molecule has 5 rings (SSSR count). The van der Waals surface area contributed by atoms with Gasteiger partial charge in [-0.3, -0.25) is 14.5 Å². The van der Waals surface area contributed by atoms with Crippen LogP contribution in [0.1, 0.15) is 65.7 Å². The Morgan fingerprint density at radius 2 is 1.91 bits per heavy atom. The van der Waals surface area contributed by atoms with Gasteiger partial charge in [0, 0.05) is 25.4 Å². The van der Waals surface area contributed by atoms with Crippen molar-refractivity contribution in [2.45, 2.75) is 71.8 Å². The van der Waals surface area contributed by atoms with Gasteiger partial charge in [-0.05, 0) is 86.0 Å². The zero-order valence-corrected chi connectivity index (χ0v) is 19.7. The van der Waals surface area contributed by atoms with Crippen LogP contribution in [0.4, 0.5) is 10.1 Å². The monoisotopic (exact) mass is 438 g/mol. The number of carbonyl (C=O) groups excluding carboxylic acids is 2. The van der Waals surface area contributed by atoms with Crippen molar-refractivity contribution in [1.82, 2.24) is 4.90 Å². The van der Waals surface area contributed by atoms with Crippen LogP contribution in [0.3, 0.4) is 0 Å². The lowest BCUT2D eigenvalue weighted by atomic mass is 9.48. The van der Waals surface area contributed by atoms with Crippen molar-refractivity contribution in [2.24, 2.45) is 28.6 Å². The number of hydrogen-bond donors (Lipinski definition) is 0. The summed E-state index contributed by atoms with van der Waals surface area (Å²) in [7, 11) is 1.88. The summed E-state index contributed by atoms with van der Waals surface area (Å²) in [5, 5.41) is 0. The van der Waals surface area contributed by atoms with E-state index in [4.69, 9.17) is 0 Å². The molecular weight excluding hydrogens is 403 g/mol. The Hall–Kier alpha value is -2.17. The Morgan fingerprint density at radius 3 is 2.62 bits per heavy atom. The second-order valence-electron chi connectivity index (χ2n) is 11.2.